The number of hydrogen-bond acceptors (Lipinski definition) is 6. The summed E-state index contributed by atoms with van der Waals surface area (Å²) in [4.78, 5) is 4.47. The molecule has 0 radical (unpaired) electrons. The molecule has 0 unspecified atom stereocenters. The summed E-state index contributed by atoms with van der Waals surface area (Å²) in [6.45, 7) is 0.524. The fourth-order valence-electron chi connectivity index (χ4n) is 2.80. The van der Waals surface area contributed by atoms with Gasteiger partial charge in [-0.1, -0.05) is 30.3 Å². The van der Waals surface area contributed by atoms with Crippen molar-refractivity contribution in [3.05, 3.63) is 83.9 Å². The van der Waals surface area contributed by atoms with Crippen LogP contribution in [0.1, 0.15) is 11.1 Å². The third kappa shape index (κ3) is 4.41. The number of aromatic amines is 1. The van der Waals surface area contributed by atoms with Gasteiger partial charge in [0.2, 0.25) is 5.95 Å². The number of nitrogens with zero attached hydrogens (tertiary/aromatic N) is 2. The summed E-state index contributed by atoms with van der Waals surface area (Å²) in [6, 6.07) is 23.0. The van der Waals surface area contributed by atoms with Gasteiger partial charge in [-0.25, -0.2) is 0 Å². The fraction of sp³-hybridized carbons (Fsp3) is 0.0455. The minimum atomic E-state index is 0.435. The summed E-state index contributed by atoms with van der Waals surface area (Å²) in [6.07, 6.45) is 1.21. The summed E-state index contributed by atoms with van der Waals surface area (Å²) < 4.78 is 5.81. The van der Waals surface area contributed by atoms with Crippen molar-refractivity contribution in [2.45, 2.75) is 6.61 Å². The van der Waals surface area contributed by atoms with Gasteiger partial charge >= 0.3 is 0 Å². The minimum Gasteiger partial charge on any atom is -0.489 e. The minimum absolute atomic E-state index is 0.435. The predicted molar refractivity (Wildman–Crippen MR) is 115 cm³/mol. The molecular weight excluding hydrogens is 364 g/mol. The summed E-state index contributed by atoms with van der Waals surface area (Å²) in [5.74, 6) is 1.87. The van der Waals surface area contributed by atoms with Gasteiger partial charge in [0.15, 0.2) is 5.82 Å². The van der Waals surface area contributed by atoms with Gasteiger partial charge in [-0.3, -0.25) is 5.10 Å². The first-order valence-electron chi connectivity index (χ1n) is 9.08. The van der Waals surface area contributed by atoms with Crippen LogP contribution >= 0.6 is 0 Å². The largest absolute Gasteiger partial charge is 0.489 e. The highest BCUT2D eigenvalue weighted by Gasteiger charge is 2.07. The van der Waals surface area contributed by atoms with E-state index in [0.29, 0.717) is 29.6 Å². The summed E-state index contributed by atoms with van der Waals surface area (Å²) in [5.41, 5.74) is 9.78. The molecular formula is C22H20N6O. The van der Waals surface area contributed by atoms with E-state index in [2.05, 4.69) is 20.5 Å². The van der Waals surface area contributed by atoms with E-state index in [1.54, 1.807) is 12.1 Å². The molecule has 1 aromatic heterocycles. The van der Waals surface area contributed by atoms with E-state index in [1.807, 2.05) is 60.7 Å². The van der Waals surface area contributed by atoms with E-state index in [4.69, 9.17) is 15.9 Å². The van der Waals surface area contributed by atoms with Crippen molar-refractivity contribution in [2.75, 3.05) is 11.1 Å². The fourth-order valence-corrected chi connectivity index (χ4v) is 2.80. The van der Waals surface area contributed by atoms with Crippen LogP contribution in [0, 0.1) is 5.41 Å². The number of nitrogen functional groups attached to an aromatic ring is 1. The van der Waals surface area contributed by atoms with Gasteiger partial charge in [-0.15, -0.1) is 5.10 Å². The molecule has 1 heterocycles. The lowest BCUT2D eigenvalue weighted by atomic mass is 10.2. The second kappa shape index (κ2) is 8.26. The zero-order valence-corrected chi connectivity index (χ0v) is 15.6. The van der Waals surface area contributed by atoms with Gasteiger partial charge in [0, 0.05) is 28.7 Å². The molecule has 0 aliphatic carbocycles. The maximum atomic E-state index is 7.39. The zero-order chi connectivity index (χ0) is 20.1. The van der Waals surface area contributed by atoms with Gasteiger partial charge in [0.1, 0.15) is 12.4 Å². The van der Waals surface area contributed by atoms with E-state index in [9.17, 15) is 0 Å². The second-order valence-corrected chi connectivity index (χ2v) is 6.42. The average molecular weight is 384 g/mol. The molecule has 7 nitrogen and oxygen atoms in total. The third-order valence-electron chi connectivity index (χ3n) is 4.36. The molecule has 0 atom stereocenters. The molecule has 144 valence electrons. The number of nitrogens with two attached hydrogens (primary N) is 1. The molecule has 0 saturated heterocycles. The normalized spacial score (nSPS) is 10.5. The molecule has 0 bridgehead atoms. The van der Waals surface area contributed by atoms with Crippen LogP contribution in [0.4, 0.5) is 17.3 Å². The Bertz CT molecular complexity index is 1110. The molecule has 29 heavy (non-hydrogen) atoms. The topological polar surface area (TPSA) is 113 Å². The first-order chi connectivity index (χ1) is 14.2. The van der Waals surface area contributed by atoms with Crippen molar-refractivity contribution in [1.82, 2.24) is 15.2 Å². The smallest absolute Gasteiger partial charge is 0.246 e. The first-order valence-corrected chi connectivity index (χ1v) is 9.08. The molecule has 7 heteroatoms. The van der Waals surface area contributed by atoms with Gasteiger partial charge in [0.25, 0.3) is 0 Å². The van der Waals surface area contributed by atoms with Crippen molar-refractivity contribution >= 4 is 23.5 Å². The van der Waals surface area contributed by atoms with Gasteiger partial charge < -0.3 is 21.2 Å². The molecule has 0 aliphatic heterocycles. The first kappa shape index (κ1) is 18.2. The van der Waals surface area contributed by atoms with E-state index < -0.39 is 0 Å². The van der Waals surface area contributed by atoms with Gasteiger partial charge in [-0.2, -0.15) is 4.98 Å². The number of benzene rings is 3. The lowest BCUT2D eigenvalue weighted by Crippen LogP contribution is -1.97. The van der Waals surface area contributed by atoms with Gasteiger partial charge in [-0.05, 0) is 48.0 Å². The SMILES string of the molecule is N=Cc1cc(Nc2n[nH]c(-c3ccc(OCc4ccccc4)cc3)n2)ccc1N. The number of aromatic nitrogens is 3. The maximum Gasteiger partial charge on any atom is 0.246 e. The van der Waals surface area contributed by atoms with Crippen LogP contribution in [0.2, 0.25) is 0 Å². The van der Waals surface area contributed by atoms with E-state index >= 15 is 0 Å². The number of anilines is 3. The van der Waals surface area contributed by atoms with Crippen molar-refractivity contribution in [1.29, 1.82) is 5.41 Å². The maximum absolute atomic E-state index is 7.39. The molecule has 3 aromatic carbocycles. The van der Waals surface area contributed by atoms with Crippen molar-refractivity contribution < 1.29 is 4.74 Å². The van der Waals surface area contributed by atoms with Crippen molar-refractivity contribution in [3.63, 3.8) is 0 Å². The Balaban J connectivity index is 1.42. The Kier molecular flexibility index (Phi) is 5.20. The summed E-state index contributed by atoms with van der Waals surface area (Å²) in [7, 11) is 0. The molecule has 4 rings (SSSR count). The van der Waals surface area contributed by atoms with Crippen molar-refractivity contribution in [2.24, 2.45) is 0 Å². The van der Waals surface area contributed by atoms with Crippen molar-refractivity contribution in [3.8, 4) is 17.1 Å². The number of nitrogens with one attached hydrogen (secondary N) is 3. The molecule has 4 aromatic rings. The Morgan fingerprint density at radius 1 is 1.03 bits per heavy atom. The molecule has 5 N–H and O–H groups in total. The highest BCUT2D eigenvalue weighted by atomic mass is 16.5. The highest BCUT2D eigenvalue weighted by Crippen LogP contribution is 2.23. The highest BCUT2D eigenvalue weighted by molar-refractivity contribution is 5.87. The average Bonchev–Trinajstić information content (AvgIpc) is 3.23. The molecule has 0 saturated carbocycles. The lowest BCUT2D eigenvalue weighted by Gasteiger charge is -2.06. The Morgan fingerprint density at radius 2 is 1.83 bits per heavy atom. The molecule has 0 aliphatic rings. The van der Waals surface area contributed by atoms with Crippen LogP contribution in [-0.2, 0) is 6.61 Å². The quantitative estimate of drug-likeness (QED) is 0.279. The molecule has 0 spiro atoms. The van der Waals surface area contributed by atoms with Crippen LogP contribution in [0.15, 0.2) is 72.8 Å². The van der Waals surface area contributed by atoms with Crippen LogP contribution < -0.4 is 15.8 Å². The Morgan fingerprint density at radius 3 is 2.59 bits per heavy atom. The van der Waals surface area contributed by atoms with Crippen LogP contribution in [0.5, 0.6) is 5.75 Å². The predicted octanol–water partition coefficient (Wildman–Crippen LogP) is 4.37. The zero-order valence-electron chi connectivity index (χ0n) is 15.6. The number of ether oxygens (including phenoxy) is 1. The monoisotopic (exact) mass is 384 g/mol. The standard InChI is InChI=1S/C22H20N6O/c23-13-17-12-18(8-11-20(17)24)25-22-26-21(27-28-22)16-6-9-19(10-7-16)29-14-15-4-2-1-3-5-15/h1-13,23H,14,24H2,(H2,25,26,27,28). The summed E-state index contributed by atoms with van der Waals surface area (Å²) >= 11 is 0. The van der Waals surface area contributed by atoms with Crippen LogP contribution in [-0.4, -0.2) is 21.4 Å². The summed E-state index contributed by atoms with van der Waals surface area (Å²) in [5, 5.41) is 17.6. The van der Waals surface area contributed by atoms with E-state index in [-0.39, 0.29) is 0 Å². The number of hydrogen-bond donors (Lipinski definition) is 4. The van der Waals surface area contributed by atoms with Crippen LogP contribution in [0.3, 0.4) is 0 Å². The van der Waals surface area contributed by atoms with Crippen LogP contribution in [0.25, 0.3) is 11.4 Å². The Labute approximate surface area is 168 Å². The van der Waals surface area contributed by atoms with E-state index in [1.165, 1.54) is 6.21 Å². The second-order valence-electron chi connectivity index (χ2n) is 6.42. The van der Waals surface area contributed by atoms with Gasteiger partial charge in [0.05, 0.1) is 0 Å². The molecule has 0 amide bonds. The molecule has 0 fully saturated rings. The van der Waals surface area contributed by atoms with E-state index in [0.717, 1.165) is 22.6 Å². The number of H-pyrrole nitrogens is 1. The lowest BCUT2D eigenvalue weighted by molar-refractivity contribution is 0.306. The number of rotatable bonds is 7. The Hall–Kier alpha value is -4.13. The third-order valence-corrected chi connectivity index (χ3v) is 4.36.